The third kappa shape index (κ3) is 3.90. The van der Waals surface area contributed by atoms with Crippen molar-refractivity contribution in [2.45, 2.75) is 0 Å². The van der Waals surface area contributed by atoms with E-state index in [-0.39, 0.29) is 11.3 Å². The van der Waals surface area contributed by atoms with Crippen molar-refractivity contribution >= 4 is 17.7 Å². The van der Waals surface area contributed by atoms with Gasteiger partial charge in [0.1, 0.15) is 29.0 Å². The van der Waals surface area contributed by atoms with E-state index >= 15 is 0 Å². The Morgan fingerprint density at radius 2 is 1.96 bits per heavy atom. The lowest BCUT2D eigenvalue weighted by Gasteiger charge is -2.08. The number of halogens is 1. The number of amides is 1. The first-order valence-corrected chi connectivity index (χ1v) is 6.98. The molecular weight excluding hydrogens is 311 g/mol. The van der Waals surface area contributed by atoms with Gasteiger partial charge >= 0.3 is 0 Å². The summed E-state index contributed by atoms with van der Waals surface area (Å²) in [5, 5.41) is 11.6. The molecule has 0 bridgehead atoms. The predicted octanol–water partition coefficient (Wildman–Crippen LogP) is 3.39. The fourth-order valence-electron chi connectivity index (χ4n) is 1.99. The molecule has 2 aromatic carbocycles. The van der Waals surface area contributed by atoms with Crippen molar-refractivity contribution in [1.82, 2.24) is 0 Å². The van der Waals surface area contributed by atoms with E-state index in [1.165, 1.54) is 38.5 Å². The smallest absolute Gasteiger partial charge is 0.266 e. The van der Waals surface area contributed by atoms with Crippen LogP contribution in [-0.2, 0) is 4.79 Å². The van der Waals surface area contributed by atoms with Gasteiger partial charge in [0, 0.05) is 11.6 Å². The lowest BCUT2D eigenvalue weighted by molar-refractivity contribution is -0.112. The Hall–Kier alpha value is -3.33. The van der Waals surface area contributed by atoms with Crippen molar-refractivity contribution in [1.29, 1.82) is 5.26 Å². The summed E-state index contributed by atoms with van der Waals surface area (Å²) in [5.41, 5.74) is 0.352. The molecule has 0 aliphatic heterocycles. The number of nitriles is 1. The maximum Gasteiger partial charge on any atom is 0.266 e. The molecule has 0 heterocycles. The number of hydrogen-bond acceptors (Lipinski definition) is 4. The molecule has 5 nitrogen and oxygen atoms in total. The Morgan fingerprint density at radius 1 is 1.21 bits per heavy atom. The molecule has 2 aromatic rings. The molecule has 0 saturated heterocycles. The number of nitrogens with zero attached hydrogens (tertiary/aromatic N) is 1. The van der Waals surface area contributed by atoms with E-state index in [2.05, 4.69) is 5.32 Å². The molecule has 0 radical (unpaired) electrons. The highest BCUT2D eigenvalue weighted by Crippen LogP contribution is 2.26. The second kappa shape index (κ2) is 7.79. The third-order valence-corrected chi connectivity index (χ3v) is 3.23. The van der Waals surface area contributed by atoms with Gasteiger partial charge < -0.3 is 14.8 Å². The number of anilines is 1. The van der Waals surface area contributed by atoms with Crippen LogP contribution in [0, 0.1) is 17.1 Å². The van der Waals surface area contributed by atoms with Crippen molar-refractivity contribution in [3.63, 3.8) is 0 Å². The number of para-hydroxylation sites is 1. The minimum Gasteiger partial charge on any atom is -0.497 e. The van der Waals surface area contributed by atoms with Crippen LogP contribution in [0.3, 0.4) is 0 Å². The summed E-state index contributed by atoms with van der Waals surface area (Å²) in [7, 11) is 2.99. The van der Waals surface area contributed by atoms with Crippen LogP contribution in [0.2, 0.25) is 0 Å². The third-order valence-electron chi connectivity index (χ3n) is 3.23. The van der Waals surface area contributed by atoms with Gasteiger partial charge in [-0.2, -0.15) is 5.26 Å². The molecule has 0 spiro atoms. The zero-order valence-electron chi connectivity index (χ0n) is 13.2. The normalized spacial score (nSPS) is 10.7. The van der Waals surface area contributed by atoms with E-state index in [4.69, 9.17) is 9.47 Å². The van der Waals surface area contributed by atoms with Crippen LogP contribution >= 0.6 is 0 Å². The van der Waals surface area contributed by atoms with Crippen LogP contribution in [-0.4, -0.2) is 20.1 Å². The molecule has 1 amide bonds. The second-order valence-corrected chi connectivity index (χ2v) is 4.71. The van der Waals surface area contributed by atoms with Crippen LogP contribution in [0.5, 0.6) is 11.5 Å². The highest BCUT2D eigenvalue weighted by atomic mass is 19.1. The minimum absolute atomic E-state index is 0.00495. The van der Waals surface area contributed by atoms with Crippen molar-refractivity contribution in [3.05, 3.63) is 59.4 Å². The molecule has 2 rings (SSSR count). The van der Waals surface area contributed by atoms with E-state index in [1.54, 1.807) is 24.3 Å². The van der Waals surface area contributed by atoms with Crippen LogP contribution in [0.1, 0.15) is 5.56 Å². The van der Waals surface area contributed by atoms with Crippen molar-refractivity contribution in [3.8, 4) is 17.6 Å². The first-order chi connectivity index (χ1) is 11.6. The predicted molar refractivity (Wildman–Crippen MR) is 88.2 cm³/mol. The summed E-state index contributed by atoms with van der Waals surface area (Å²) in [6, 6.07) is 12.5. The monoisotopic (exact) mass is 326 g/mol. The van der Waals surface area contributed by atoms with E-state index in [0.717, 1.165) is 0 Å². The second-order valence-electron chi connectivity index (χ2n) is 4.71. The topological polar surface area (TPSA) is 71.3 Å². The summed E-state index contributed by atoms with van der Waals surface area (Å²) >= 11 is 0. The average molecular weight is 326 g/mol. The number of carbonyl (C=O) groups is 1. The van der Waals surface area contributed by atoms with E-state index in [0.29, 0.717) is 17.1 Å². The first-order valence-electron chi connectivity index (χ1n) is 6.98. The Kier molecular flexibility index (Phi) is 5.53. The molecule has 122 valence electrons. The zero-order valence-corrected chi connectivity index (χ0v) is 13.2. The van der Waals surface area contributed by atoms with E-state index in [1.807, 2.05) is 6.07 Å². The van der Waals surface area contributed by atoms with Gasteiger partial charge in [-0.15, -0.1) is 0 Å². The van der Waals surface area contributed by atoms with Crippen LogP contribution in [0.4, 0.5) is 10.1 Å². The number of carbonyl (C=O) groups excluding carboxylic acids is 1. The van der Waals surface area contributed by atoms with Crippen molar-refractivity contribution < 1.29 is 18.7 Å². The number of ether oxygens (including phenoxy) is 2. The maximum absolute atomic E-state index is 13.6. The first kappa shape index (κ1) is 17.0. The van der Waals surface area contributed by atoms with Crippen LogP contribution in [0.25, 0.3) is 6.08 Å². The Morgan fingerprint density at radius 3 is 2.58 bits per heavy atom. The van der Waals surface area contributed by atoms with Gasteiger partial charge in [-0.1, -0.05) is 12.1 Å². The van der Waals surface area contributed by atoms with Crippen LogP contribution in [0.15, 0.2) is 48.0 Å². The average Bonchev–Trinajstić information content (AvgIpc) is 2.61. The zero-order chi connectivity index (χ0) is 17.5. The van der Waals surface area contributed by atoms with Crippen molar-refractivity contribution in [2.75, 3.05) is 19.5 Å². The lowest BCUT2D eigenvalue weighted by atomic mass is 10.1. The lowest BCUT2D eigenvalue weighted by Crippen LogP contribution is -2.14. The number of hydrogen-bond donors (Lipinski definition) is 1. The summed E-state index contributed by atoms with van der Waals surface area (Å²) in [4.78, 5) is 12.2. The number of benzene rings is 2. The van der Waals surface area contributed by atoms with Gasteiger partial charge in [-0.05, 0) is 30.3 Å². The molecule has 0 saturated carbocycles. The van der Waals surface area contributed by atoms with Gasteiger partial charge in [-0.3, -0.25) is 4.79 Å². The molecular formula is C18H15FN2O3. The van der Waals surface area contributed by atoms with Crippen molar-refractivity contribution in [2.24, 2.45) is 0 Å². The molecule has 24 heavy (non-hydrogen) atoms. The van der Waals surface area contributed by atoms with Gasteiger partial charge in [-0.25, -0.2) is 4.39 Å². The molecule has 0 aromatic heterocycles. The summed E-state index contributed by atoms with van der Waals surface area (Å²) in [6.45, 7) is 0. The van der Waals surface area contributed by atoms with E-state index < -0.39 is 11.7 Å². The summed E-state index contributed by atoms with van der Waals surface area (Å²) < 4.78 is 23.9. The molecule has 0 aliphatic rings. The molecule has 0 atom stereocenters. The number of rotatable bonds is 5. The number of nitrogens with one attached hydrogen (secondary N) is 1. The molecule has 0 aliphatic carbocycles. The largest absolute Gasteiger partial charge is 0.497 e. The Bertz CT molecular complexity index is 825. The molecule has 0 fully saturated rings. The SMILES string of the molecule is COc1ccc(/C=C(\C#N)C(=O)Nc2ccccc2F)c(OC)c1. The Balaban J connectivity index is 2.31. The highest BCUT2D eigenvalue weighted by Gasteiger charge is 2.13. The summed E-state index contributed by atoms with van der Waals surface area (Å²) in [6.07, 6.45) is 1.37. The van der Waals surface area contributed by atoms with Gasteiger partial charge in [0.25, 0.3) is 5.91 Å². The highest BCUT2D eigenvalue weighted by molar-refractivity contribution is 6.09. The Labute approximate surface area is 138 Å². The number of methoxy groups -OCH3 is 2. The summed E-state index contributed by atoms with van der Waals surface area (Å²) in [5.74, 6) is -0.259. The van der Waals surface area contributed by atoms with Gasteiger partial charge in [0.05, 0.1) is 19.9 Å². The van der Waals surface area contributed by atoms with Gasteiger partial charge in [0.2, 0.25) is 0 Å². The standard InChI is InChI=1S/C18H15FN2O3/c1-23-14-8-7-12(17(10-14)24-2)9-13(11-20)18(22)21-16-6-4-3-5-15(16)19/h3-10H,1-2H3,(H,21,22)/b13-9+. The molecule has 6 heteroatoms. The van der Waals surface area contributed by atoms with Crippen LogP contribution < -0.4 is 14.8 Å². The molecule has 0 unspecified atom stereocenters. The van der Waals surface area contributed by atoms with Gasteiger partial charge in [0.15, 0.2) is 0 Å². The quantitative estimate of drug-likeness (QED) is 0.675. The fourth-order valence-corrected chi connectivity index (χ4v) is 1.99. The maximum atomic E-state index is 13.6. The minimum atomic E-state index is -0.708. The fraction of sp³-hybridized carbons (Fsp3) is 0.111. The molecule has 1 N–H and O–H groups in total. The van der Waals surface area contributed by atoms with E-state index in [9.17, 15) is 14.4 Å².